The second kappa shape index (κ2) is 7.94. The highest BCUT2D eigenvalue weighted by atomic mass is 79.9. The topological polar surface area (TPSA) is 57.6 Å². The van der Waals surface area contributed by atoms with Crippen LogP contribution in [0.25, 0.3) is 0 Å². The molecule has 1 atom stereocenters. The van der Waals surface area contributed by atoms with Crippen LogP contribution in [0.3, 0.4) is 0 Å². The summed E-state index contributed by atoms with van der Waals surface area (Å²) in [6.45, 7) is 0.775. The minimum absolute atomic E-state index is 0.109. The minimum atomic E-state index is -0.781. The van der Waals surface area contributed by atoms with Crippen LogP contribution in [0.4, 0.5) is 0 Å². The van der Waals surface area contributed by atoms with Crippen molar-refractivity contribution in [1.82, 2.24) is 4.90 Å². The van der Waals surface area contributed by atoms with Gasteiger partial charge in [0.15, 0.2) is 0 Å². The van der Waals surface area contributed by atoms with E-state index in [2.05, 4.69) is 22.0 Å². The molecule has 0 radical (unpaired) electrons. The first-order chi connectivity index (χ1) is 10.1. The number of thiophene rings is 1. The van der Waals surface area contributed by atoms with Gasteiger partial charge in [-0.1, -0.05) is 0 Å². The maximum atomic E-state index is 12.4. The van der Waals surface area contributed by atoms with Crippen LogP contribution in [0, 0.1) is 0 Å². The van der Waals surface area contributed by atoms with E-state index in [0.29, 0.717) is 12.8 Å². The lowest BCUT2D eigenvalue weighted by atomic mass is 9.97. The molecular formula is C15H20BrNO3S. The lowest BCUT2D eigenvalue weighted by Gasteiger charge is -2.35. The fourth-order valence-corrected chi connectivity index (χ4v) is 4.23. The van der Waals surface area contributed by atoms with Crippen LogP contribution in [0.15, 0.2) is 15.9 Å². The van der Waals surface area contributed by atoms with E-state index in [1.54, 1.807) is 11.3 Å². The number of aryl methyl sites for hydroxylation is 1. The van der Waals surface area contributed by atoms with Crippen molar-refractivity contribution < 1.29 is 14.7 Å². The van der Waals surface area contributed by atoms with Crippen molar-refractivity contribution in [1.29, 1.82) is 0 Å². The quantitative estimate of drug-likeness (QED) is 0.826. The van der Waals surface area contributed by atoms with Crippen LogP contribution in [-0.4, -0.2) is 34.5 Å². The number of carbonyl (C=O) groups excluding carboxylic acids is 1. The van der Waals surface area contributed by atoms with E-state index in [-0.39, 0.29) is 18.4 Å². The van der Waals surface area contributed by atoms with E-state index in [4.69, 9.17) is 5.11 Å². The lowest BCUT2D eigenvalue weighted by Crippen LogP contribution is -2.44. The Hall–Kier alpha value is -0.880. The predicted octanol–water partition coefficient (Wildman–Crippen LogP) is 3.69. The Bertz CT molecular complexity index is 503. The fraction of sp³-hybridized carbons (Fsp3) is 0.600. The van der Waals surface area contributed by atoms with Crippen molar-refractivity contribution in [2.45, 2.75) is 51.0 Å². The average molecular weight is 374 g/mol. The molecule has 6 heteroatoms. The maximum Gasteiger partial charge on any atom is 0.303 e. The molecule has 1 saturated heterocycles. The normalized spacial score (nSPS) is 18.7. The second-order valence-electron chi connectivity index (χ2n) is 5.40. The summed E-state index contributed by atoms with van der Waals surface area (Å²) in [7, 11) is 0. The van der Waals surface area contributed by atoms with Crippen LogP contribution >= 0.6 is 27.3 Å². The van der Waals surface area contributed by atoms with Gasteiger partial charge in [0.2, 0.25) is 5.91 Å². The summed E-state index contributed by atoms with van der Waals surface area (Å²) in [5.74, 6) is -0.619. The Kier molecular flexibility index (Phi) is 6.23. The Morgan fingerprint density at radius 1 is 1.38 bits per heavy atom. The third kappa shape index (κ3) is 5.11. The van der Waals surface area contributed by atoms with Gasteiger partial charge < -0.3 is 10.0 Å². The smallest absolute Gasteiger partial charge is 0.303 e. The number of hydrogen-bond acceptors (Lipinski definition) is 3. The standard InChI is InChI=1S/C15H20BrNO3S/c16-11-9-13(21-10-11)5-6-14(18)17-8-2-1-3-12(17)4-7-15(19)20/h9-10,12H,1-8H2,(H,19,20). The highest BCUT2D eigenvalue weighted by Crippen LogP contribution is 2.24. The number of rotatable bonds is 6. The summed E-state index contributed by atoms with van der Waals surface area (Å²) in [5, 5.41) is 10.8. The zero-order valence-corrected chi connectivity index (χ0v) is 14.3. The first-order valence-corrected chi connectivity index (χ1v) is 8.97. The molecule has 4 nitrogen and oxygen atoms in total. The second-order valence-corrected chi connectivity index (χ2v) is 7.31. The van der Waals surface area contributed by atoms with Gasteiger partial charge in [0.05, 0.1) is 0 Å². The molecule has 0 aromatic carbocycles. The third-order valence-corrected chi connectivity index (χ3v) is 5.60. The summed E-state index contributed by atoms with van der Waals surface area (Å²) >= 11 is 5.08. The molecule has 1 aliphatic rings. The van der Waals surface area contributed by atoms with E-state index in [9.17, 15) is 9.59 Å². The van der Waals surface area contributed by atoms with Crippen LogP contribution in [0.5, 0.6) is 0 Å². The zero-order chi connectivity index (χ0) is 15.2. The van der Waals surface area contributed by atoms with Crippen LogP contribution < -0.4 is 0 Å². The van der Waals surface area contributed by atoms with Gasteiger partial charge in [-0.2, -0.15) is 0 Å². The average Bonchev–Trinajstić information content (AvgIpc) is 2.88. The third-order valence-electron chi connectivity index (χ3n) is 3.85. The molecule has 1 aromatic heterocycles. The number of carboxylic acid groups (broad SMARTS) is 1. The zero-order valence-electron chi connectivity index (χ0n) is 11.9. The van der Waals surface area contributed by atoms with Crippen LogP contribution in [0.2, 0.25) is 0 Å². The molecule has 2 heterocycles. The molecule has 0 saturated carbocycles. The molecule has 116 valence electrons. The van der Waals surface area contributed by atoms with E-state index < -0.39 is 5.97 Å². The molecule has 1 amide bonds. The highest BCUT2D eigenvalue weighted by Gasteiger charge is 2.26. The van der Waals surface area contributed by atoms with Gasteiger partial charge in [-0.05, 0) is 54.1 Å². The Balaban J connectivity index is 1.87. The Labute approximate surface area is 137 Å². The summed E-state index contributed by atoms with van der Waals surface area (Å²) in [4.78, 5) is 26.2. The molecule has 1 fully saturated rings. The Morgan fingerprint density at radius 2 is 2.19 bits per heavy atom. The van der Waals surface area contributed by atoms with Gasteiger partial charge in [-0.25, -0.2) is 0 Å². The molecule has 0 aliphatic carbocycles. The summed E-state index contributed by atoms with van der Waals surface area (Å²) in [6.07, 6.45) is 5.04. The van der Waals surface area contributed by atoms with E-state index in [1.165, 1.54) is 4.88 Å². The van der Waals surface area contributed by atoms with Crippen molar-refractivity contribution >= 4 is 39.1 Å². The molecule has 1 aliphatic heterocycles. The number of amides is 1. The first-order valence-electron chi connectivity index (χ1n) is 7.30. The Morgan fingerprint density at radius 3 is 2.86 bits per heavy atom. The number of hydrogen-bond donors (Lipinski definition) is 1. The number of aliphatic carboxylic acids is 1. The molecule has 1 aromatic rings. The van der Waals surface area contributed by atoms with Gasteiger partial charge >= 0.3 is 5.97 Å². The molecular weight excluding hydrogens is 354 g/mol. The molecule has 0 bridgehead atoms. The number of halogens is 1. The SMILES string of the molecule is O=C(O)CCC1CCCCN1C(=O)CCc1cc(Br)cs1. The summed E-state index contributed by atoms with van der Waals surface area (Å²) < 4.78 is 1.06. The van der Waals surface area contributed by atoms with Crippen molar-refractivity contribution in [3.63, 3.8) is 0 Å². The van der Waals surface area contributed by atoms with Crippen molar-refractivity contribution in [2.75, 3.05) is 6.54 Å². The number of piperidine rings is 1. The van der Waals surface area contributed by atoms with Gasteiger partial charge in [0.1, 0.15) is 0 Å². The van der Waals surface area contributed by atoms with Crippen molar-refractivity contribution in [3.8, 4) is 0 Å². The highest BCUT2D eigenvalue weighted by molar-refractivity contribution is 9.10. The number of likely N-dealkylation sites (tertiary alicyclic amines) is 1. The molecule has 2 rings (SSSR count). The monoisotopic (exact) mass is 373 g/mol. The number of carboxylic acids is 1. The van der Waals surface area contributed by atoms with Gasteiger partial charge in [0.25, 0.3) is 0 Å². The number of nitrogens with zero attached hydrogens (tertiary/aromatic N) is 1. The summed E-state index contributed by atoms with van der Waals surface area (Å²) in [6, 6.07) is 2.16. The first kappa shape index (κ1) is 16.5. The van der Waals surface area contributed by atoms with E-state index in [1.807, 2.05) is 10.3 Å². The fourth-order valence-electron chi connectivity index (χ4n) is 2.78. The minimum Gasteiger partial charge on any atom is -0.481 e. The van der Waals surface area contributed by atoms with Crippen molar-refractivity contribution in [2.24, 2.45) is 0 Å². The van der Waals surface area contributed by atoms with Crippen molar-refractivity contribution in [3.05, 3.63) is 20.8 Å². The molecule has 1 N–H and O–H groups in total. The summed E-state index contributed by atoms with van der Waals surface area (Å²) in [5.41, 5.74) is 0. The van der Waals surface area contributed by atoms with E-state index >= 15 is 0 Å². The van der Waals surface area contributed by atoms with Crippen LogP contribution in [-0.2, 0) is 16.0 Å². The van der Waals surface area contributed by atoms with E-state index in [0.717, 1.165) is 36.7 Å². The predicted molar refractivity (Wildman–Crippen MR) is 86.6 cm³/mol. The lowest BCUT2D eigenvalue weighted by molar-refractivity contribution is -0.140. The van der Waals surface area contributed by atoms with Crippen LogP contribution in [0.1, 0.15) is 43.4 Å². The molecule has 0 spiro atoms. The molecule has 21 heavy (non-hydrogen) atoms. The largest absolute Gasteiger partial charge is 0.481 e. The van der Waals surface area contributed by atoms with Gasteiger partial charge in [-0.3, -0.25) is 9.59 Å². The van der Waals surface area contributed by atoms with Gasteiger partial charge in [-0.15, -0.1) is 11.3 Å². The molecule has 1 unspecified atom stereocenters. The number of carbonyl (C=O) groups is 2. The maximum absolute atomic E-state index is 12.4. The van der Waals surface area contributed by atoms with Gasteiger partial charge in [0, 0.05) is 40.2 Å².